The molecule has 2 unspecified atom stereocenters. The number of amides is 2. The van der Waals surface area contributed by atoms with Crippen molar-refractivity contribution in [2.24, 2.45) is 0 Å². The first-order valence-corrected chi connectivity index (χ1v) is 14.7. The number of halogens is 3. The van der Waals surface area contributed by atoms with E-state index >= 15 is 0 Å². The van der Waals surface area contributed by atoms with Crippen molar-refractivity contribution in [1.82, 2.24) is 10.2 Å². The summed E-state index contributed by atoms with van der Waals surface area (Å²) < 4.78 is 11.2. The van der Waals surface area contributed by atoms with E-state index in [1.54, 1.807) is 67.6 Å². The van der Waals surface area contributed by atoms with Gasteiger partial charge in [0, 0.05) is 31.7 Å². The maximum absolute atomic E-state index is 13.4. The molecule has 0 radical (unpaired) electrons. The lowest BCUT2D eigenvalue weighted by Crippen LogP contribution is -2.46. The van der Waals surface area contributed by atoms with Crippen molar-refractivity contribution in [2.75, 3.05) is 38.2 Å². The normalized spacial score (nSPS) is 14.6. The molecular formula is C32H36Cl3N3O5. The molecule has 43 heavy (non-hydrogen) atoms. The van der Waals surface area contributed by atoms with Crippen LogP contribution in [-0.4, -0.2) is 67.7 Å². The second kappa shape index (κ2) is 16.1. The molecule has 2 amide bonds. The van der Waals surface area contributed by atoms with E-state index in [9.17, 15) is 14.4 Å². The molecule has 0 bridgehead atoms. The van der Waals surface area contributed by atoms with Gasteiger partial charge in [0.2, 0.25) is 0 Å². The summed E-state index contributed by atoms with van der Waals surface area (Å²) in [7, 11) is 0. The van der Waals surface area contributed by atoms with Crippen LogP contribution in [0.5, 0.6) is 0 Å². The summed E-state index contributed by atoms with van der Waals surface area (Å²) in [5.41, 5.74) is 2.41. The van der Waals surface area contributed by atoms with Gasteiger partial charge >= 0.3 is 5.97 Å². The number of nitrogens with zero attached hydrogens (tertiary/aromatic N) is 1. The molecule has 4 rings (SSSR count). The average molecular weight is 649 g/mol. The molecule has 11 heteroatoms. The largest absolute Gasteiger partial charge is 0.460 e. The van der Waals surface area contributed by atoms with E-state index in [0.717, 1.165) is 18.7 Å². The Bertz CT molecular complexity index is 1390. The molecule has 3 aromatic carbocycles. The molecule has 0 aromatic heterocycles. The van der Waals surface area contributed by atoms with E-state index in [4.69, 9.17) is 44.3 Å². The molecule has 3 aromatic rings. The molecule has 2 atom stereocenters. The molecular weight excluding hydrogens is 613 g/mol. The molecule has 1 aliphatic heterocycles. The lowest BCUT2D eigenvalue weighted by atomic mass is 10.0. The summed E-state index contributed by atoms with van der Waals surface area (Å²) in [6, 6.07) is 15.9. The number of carbonyl (C=O) groups excluding carboxylic acids is 3. The van der Waals surface area contributed by atoms with Gasteiger partial charge in [0.15, 0.2) is 0 Å². The number of morpholine rings is 1. The van der Waals surface area contributed by atoms with Crippen molar-refractivity contribution in [3.8, 4) is 0 Å². The molecule has 1 saturated heterocycles. The zero-order chi connectivity index (χ0) is 30.2. The van der Waals surface area contributed by atoms with Gasteiger partial charge < -0.3 is 20.1 Å². The summed E-state index contributed by atoms with van der Waals surface area (Å²) in [5, 5.41) is 6.37. The molecule has 1 heterocycles. The predicted octanol–water partition coefficient (Wildman–Crippen LogP) is 6.45. The Labute approximate surface area is 267 Å². The zero-order valence-electron chi connectivity index (χ0n) is 23.3. The van der Waals surface area contributed by atoms with Crippen molar-refractivity contribution in [3.05, 3.63) is 98.0 Å². The van der Waals surface area contributed by atoms with Gasteiger partial charge in [-0.3, -0.25) is 14.5 Å². The van der Waals surface area contributed by atoms with Crippen LogP contribution < -0.4 is 10.6 Å². The number of carbonyl (C=O) groups is 3. The standard InChI is InChI=1S/C31H32Cl3N3O5.CH4/c1-19-5-3-6-23(32)27(19)29(38)36-26(31(40)42-20(2)18-37-13-15-41-16-14-37)17-21-9-11-22(12-10-21)35-30(39)28-24(33)7-4-8-25(28)34;/h3-12,20,26H,13-18H2,1-2H3,(H,35,39)(H,36,38);1H4. The van der Waals surface area contributed by atoms with E-state index in [1.165, 1.54) is 0 Å². The summed E-state index contributed by atoms with van der Waals surface area (Å²) in [6.07, 6.45) is -0.241. The lowest BCUT2D eigenvalue weighted by Gasteiger charge is -2.29. The van der Waals surface area contributed by atoms with Crippen LogP contribution in [0.1, 0.15) is 46.2 Å². The Morgan fingerprint density at radius 1 is 0.884 bits per heavy atom. The summed E-state index contributed by atoms with van der Waals surface area (Å²) in [5.74, 6) is -1.47. The summed E-state index contributed by atoms with van der Waals surface area (Å²) >= 11 is 18.6. The van der Waals surface area contributed by atoms with Gasteiger partial charge in [-0.05, 0) is 55.3 Å². The summed E-state index contributed by atoms with van der Waals surface area (Å²) in [6.45, 7) is 6.97. The Kier molecular flexibility index (Phi) is 12.8. The fraction of sp³-hybridized carbons (Fsp3) is 0.344. The van der Waals surface area contributed by atoms with Crippen LogP contribution in [0.15, 0.2) is 60.7 Å². The maximum Gasteiger partial charge on any atom is 0.329 e. The van der Waals surface area contributed by atoms with Gasteiger partial charge in [-0.2, -0.15) is 0 Å². The molecule has 0 aliphatic carbocycles. The first-order chi connectivity index (χ1) is 20.1. The Morgan fingerprint density at radius 2 is 1.47 bits per heavy atom. The third kappa shape index (κ3) is 9.42. The van der Waals surface area contributed by atoms with Crippen LogP contribution in [0.2, 0.25) is 15.1 Å². The Hall–Kier alpha value is -3.14. The first kappa shape index (κ1) is 34.4. The zero-order valence-corrected chi connectivity index (χ0v) is 25.6. The van der Waals surface area contributed by atoms with E-state index in [0.29, 0.717) is 41.6 Å². The van der Waals surface area contributed by atoms with Gasteiger partial charge in [0.1, 0.15) is 12.1 Å². The van der Waals surface area contributed by atoms with E-state index < -0.39 is 29.9 Å². The Morgan fingerprint density at radius 3 is 2.07 bits per heavy atom. The van der Waals surface area contributed by atoms with E-state index in [2.05, 4.69) is 15.5 Å². The minimum atomic E-state index is -0.984. The second-order valence-corrected chi connectivity index (χ2v) is 11.3. The average Bonchev–Trinajstić information content (AvgIpc) is 2.94. The monoisotopic (exact) mass is 647 g/mol. The minimum Gasteiger partial charge on any atom is -0.460 e. The number of aryl methyl sites for hydroxylation is 1. The van der Waals surface area contributed by atoms with Gasteiger partial charge in [-0.1, -0.05) is 72.6 Å². The van der Waals surface area contributed by atoms with Crippen LogP contribution in [0.4, 0.5) is 5.69 Å². The smallest absolute Gasteiger partial charge is 0.329 e. The highest BCUT2D eigenvalue weighted by Crippen LogP contribution is 2.26. The first-order valence-electron chi connectivity index (χ1n) is 13.5. The summed E-state index contributed by atoms with van der Waals surface area (Å²) in [4.78, 5) is 41.6. The molecule has 0 saturated carbocycles. The third-order valence-electron chi connectivity index (χ3n) is 6.82. The number of nitrogens with one attached hydrogen (secondary N) is 2. The molecule has 2 N–H and O–H groups in total. The van der Waals surface area contributed by atoms with Crippen LogP contribution in [0.3, 0.4) is 0 Å². The number of benzene rings is 3. The van der Waals surface area contributed by atoms with Crippen LogP contribution in [-0.2, 0) is 20.7 Å². The predicted molar refractivity (Wildman–Crippen MR) is 172 cm³/mol. The quantitative estimate of drug-likeness (QED) is 0.246. The van der Waals surface area contributed by atoms with Gasteiger partial charge in [0.25, 0.3) is 11.8 Å². The lowest BCUT2D eigenvalue weighted by molar-refractivity contribution is -0.151. The Balaban J connectivity index is 0.00000506. The molecule has 230 valence electrons. The number of esters is 1. The highest BCUT2D eigenvalue weighted by Gasteiger charge is 2.27. The third-order valence-corrected chi connectivity index (χ3v) is 7.76. The number of hydrogen-bond acceptors (Lipinski definition) is 6. The minimum absolute atomic E-state index is 0. The van der Waals surface area contributed by atoms with E-state index in [-0.39, 0.29) is 29.5 Å². The van der Waals surface area contributed by atoms with Crippen molar-refractivity contribution < 1.29 is 23.9 Å². The second-order valence-electron chi connectivity index (χ2n) is 10.1. The molecule has 1 fully saturated rings. The van der Waals surface area contributed by atoms with Crippen molar-refractivity contribution >= 4 is 58.3 Å². The number of hydrogen-bond donors (Lipinski definition) is 2. The SMILES string of the molecule is C.Cc1cccc(Cl)c1C(=O)NC(Cc1ccc(NC(=O)c2c(Cl)cccc2Cl)cc1)C(=O)OC(C)CN1CCOCC1. The van der Waals surface area contributed by atoms with Crippen LogP contribution in [0, 0.1) is 6.92 Å². The number of rotatable bonds is 10. The van der Waals surface area contributed by atoms with E-state index in [1.807, 2.05) is 6.92 Å². The van der Waals surface area contributed by atoms with Crippen LogP contribution in [0.25, 0.3) is 0 Å². The van der Waals surface area contributed by atoms with Crippen LogP contribution >= 0.6 is 34.8 Å². The highest BCUT2D eigenvalue weighted by molar-refractivity contribution is 6.40. The van der Waals surface area contributed by atoms with Gasteiger partial charge in [0.05, 0.1) is 39.4 Å². The molecule has 8 nitrogen and oxygen atoms in total. The number of anilines is 1. The fourth-order valence-corrected chi connectivity index (χ4v) is 5.55. The highest BCUT2D eigenvalue weighted by atomic mass is 35.5. The van der Waals surface area contributed by atoms with Gasteiger partial charge in [-0.15, -0.1) is 0 Å². The number of ether oxygens (including phenoxy) is 2. The fourth-order valence-electron chi connectivity index (χ4n) is 4.68. The van der Waals surface area contributed by atoms with Crippen molar-refractivity contribution in [2.45, 2.75) is 39.8 Å². The molecule has 0 spiro atoms. The van der Waals surface area contributed by atoms with Gasteiger partial charge in [-0.25, -0.2) is 4.79 Å². The topological polar surface area (TPSA) is 97.0 Å². The molecule has 1 aliphatic rings. The van der Waals surface area contributed by atoms with Crippen molar-refractivity contribution in [1.29, 1.82) is 0 Å². The van der Waals surface area contributed by atoms with Crippen molar-refractivity contribution in [3.63, 3.8) is 0 Å². The maximum atomic E-state index is 13.4.